The number of benzene rings is 2. The lowest BCUT2D eigenvalue weighted by molar-refractivity contribution is 0.738. The Labute approximate surface area is 126 Å². The highest BCUT2D eigenvalue weighted by Gasteiger charge is 2.03. The second-order valence-electron chi connectivity index (χ2n) is 5.33. The molecule has 0 amide bonds. The van der Waals surface area contributed by atoms with E-state index in [-0.39, 0.29) is 6.04 Å². The van der Waals surface area contributed by atoms with E-state index in [0.717, 1.165) is 18.0 Å². The lowest BCUT2D eigenvalue weighted by Crippen LogP contribution is -2.18. The van der Waals surface area contributed by atoms with E-state index in [1.165, 1.54) is 16.8 Å². The highest BCUT2D eigenvalue weighted by atomic mass is 35.5. The van der Waals surface area contributed by atoms with Gasteiger partial charge >= 0.3 is 0 Å². The molecule has 0 bridgehead atoms. The zero-order valence-corrected chi connectivity index (χ0v) is 12.8. The van der Waals surface area contributed by atoms with Gasteiger partial charge in [0.05, 0.1) is 0 Å². The summed E-state index contributed by atoms with van der Waals surface area (Å²) in [7, 11) is 2.09. The Bertz CT molecular complexity index is 532. The molecule has 1 unspecified atom stereocenters. The molecule has 2 aromatic rings. The second kappa shape index (κ2) is 6.78. The summed E-state index contributed by atoms with van der Waals surface area (Å²) in [6.07, 6.45) is 0.918. The molecule has 0 aliphatic carbocycles. The average Bonchev–Trinajstić information content (AvgIpc) is 2.41. The number of nitrogens with zero attached hydrogens (tertiary/aromatic N) is 1. The number of rotatable bonds is 5. The summed E-state index contributed by atoms with van der Waals surface area (Å²) in [6, 6.07) is 16.8. The first-order chi connectivity index (χ1) is 9.54. The summed E-state index contributed by atoms with van der Waals surface area (Å²) < 4.78 is 0. The highest BCUT2D eigenvalue weighted by molar-refractivity contribution is 6.30. The molecule has 0 heterocycles. The van der Waals surface area contributed by atoms with E-state index in [0.29, 0.717) is 0 Å². The molecule has 1 atom stereocenters. The Morgan fingerprint density at radius 3 is 2.10 bits per heavy atom. The SMILES string of the molecule is CC(N)Cc1ccc(N(C)Cc2ccc(Cl)cc2)cc1. The van der Waals surface area contributed by atoms with Gasteiger partial charge in [-0.2, -0.15) is 0 Å². The topological polar surface area (TPSA) is 29.3 Å². The fourth-order valence-electron chi connectivity index (χ4n) is 2.21. The van der Waals surface area contributed by atoms with Crippen LogP contribution in [0.4, 0.5) is 5.69 Å². The Morgan fingerprint density at radius 1 is 1.00 bits per heavy atom. The minimum absolute atomic E-state index is 0.202. The van der Waals surface area contributed by atoms with E-state index in [1.807, 2.05) is 19.1 Å². The van der Waals surface area contributed by atoms with Crippen LogP contribution in [0, 0.1) is 0 Å². The van der Waals surface area contributed by atoms with E-state index in [9.17, 15) is 0 Å². The van der Waals surface area contributed by atoms with Gasteiger partial charge in [0.1, 0.15) is 0 Å². The molecular weight excluding hydrogens is 268 g/mol. The number of hydrogen-bond donors (Lipinski definition) is 1. The molecule has 0 saturated carbocycles. The van der Waals surface area contributed by atoms with Crippen molar-refractivity contribution in [1.29, 1.82) is 0 Å². The summed E-state index contributed by atoms with van der Waals surface area (Å²) in [4.78, 5) is 2.22. The molecule has 2 N–H and O–H groups in total. The normalized spacial score (nSPS) is 12.2. The number of anilines is 1. The van der Waals surface area contributed by atoms with Crippen molar-refractivity contribution in [1.82, 2.24) is 0 Å². The van der Waals surface area contributed by atoms with Crippen molar-refractivity contribution < 1.29 is 0 Å². The van der Waals surface area contributed by atoms with Crippen LogP contribution in [0.5, 0.6) is 0 Å². The molecule has 2 aromatic carbocycles. The van der Waals surface area contributed by atoms with Crippen LogP contribution in [0.15, 0.2) is 48.5 Å². The fraction of sp³-hybridized carbons (Fsp3) is 0.294. The predicted octanol–water partition coefficient (Wildman–Crippen LogP) is 3.87. The Balaban J connectivity index is 2.01. The van der Waals surface area contributed by atoms with Crippen LogP contribution in [0.2, 0.25) is 5.02 Å². The van der Waals surface area contributed by atoms with E-state index >= 15 is 0 Å². The number of nitrogens with two attached hydrogens (primary N) is 1. The lowest BCUT2D eigenvalue weighted by Gasteiger charge is -2.20. The summed E-state index contributed by atoms with van der Waals surface area (Å²) >= 11 is 5.90. The molecule has 0 aliphatic rings. The van der Waals surface area contributed by atoms with Crippen LogP contribution in [-0.2, 0) is 13.0 Å². The van der Waals surface area contributed by atoms with Crippen molar-refractivity contribution in [3.63, 3.8) is 0 Å². The molecule has 20 heavy (non-hydrogen) atoms. The first-order valence-electron chi connectivity index (χ1n) is 6.84. The molecule has 2 rings (SSSR count). The third kappa shape index (κ3) is 4.26. The van der Waals surface area contributed by atoms with Gasteiger partial charge in [0.15, 0.2) is 0 Å². The van der Waals surface area contributed by atoms with E-state index in [4.69, 9.17) is 17.3 Å². The maximum Gasteiger partial charge on any atom is 0.0426 e. The molecule has 2 nitrogen and oxygen atoms in total. The third-order valence-electron chi connectivity index (χ3n) is 3.27. The monoisotopic (exact) mass is 288 g/mol. The summed E-state index contributed by atoms with van der Waals surface area (Å²) in [5, 5.41) is 0.775. The summed E-state index contributed by atoms with van der Waals surface area (Å²) in [5.74, 6) is 0. The van der Waals surface area contributed by atoms with E-state index in [1.54, 1.807) is 0 Å². The Kier molecular flexibility index (Phi) is 5.05. The standard InChI is InChI=1S/C17H21ClN2/c1-13(19)11-14-5-9-17(10-6-14)20(2)12-15-3-7-16(18)8-4-15/h3-10,13H,11-12,19H2,1-2H3. The van der Waals surface area contributed by atoms with Crippen molar-refractivity contribution in [2.24, 2.45) is 5.73 Å². The lowest BCUT2D eigenvalue weighted by atomic mass is 10.1. The minimum Gasteiger partial charge on any atom is -0.370 e. The molecule has 3 heteroatoms. The molecule has 0 spiro atoms. The van der Waals surface area contributed by atoms with Crippen molar-refractivity contribution in [3.8, 4) is 0 Å². The second-order valence-corrected chi connectivity index (χ2v) is 5.77. The molecule has 0 radical (unpaired) electrons. The molecule has 106 valence electrons. The van der Waals surface area contributed by atoms with Crippen LogP contribution in [-0.4, -0.2) is 13.1 Å². The van der Waals surface area contributed by atoms with E-state index < -0.39 is 0 Å². The van der Waals surface area contributed by atoms with Gasteiger partial charge in [0.25, 0.3) is 0 Å². The number of halogens is 1. The van der Waals surface area contributed by atoms with Gasteiger partial charge in [-0.25, -0.2) is 0 Å². The van der Waals surface area contributed by atoms with Gasteiger partial charge in [-0.3, -0.25) is 0 Å². The average molecular weight is 289 g/mol. The molecule has 0 aliphatic heterocycles. The first kappa shape index (κ1) is 14.9. The van der Waals surface area contributed by atoms with Crippen LogP contribution < -0.4 is 10.6 Å². The minimum atomic E-state index is 0.202. The van der Waals surface area contributed by atoms with Gasteiger partial charge < -0.3 is 10.6 Å². The largest absolute Gasteiger partial charge is 0.370 e. The Hall–Kier alpha value is -1.51. The smallest absolute Gasteiger partial charge is 0.0426 e. The van der Waals surface area contributed by atoms with Crippen LogP contribution in [0.1, 0.15) is 18.1 Å². The van der Waals surface area contributed by atoms with Crippen LogP contribution >= 0.6 is 11.6 Å². The molecule has 0 fully saturated rings. The Morgan fingerprint density at radius 2 is 1.55 bits per heavy atom. The van der Waals surface area contributed by atoms with Gasteiger partial charge in [-0.1, -0.05) is 35.9 Å². The maximum atomic E-state index is 5.90. The van der Waals surface area contributed by atoms with Crippen molar-refractivity contribution in [3.05, 3.63) is 64.7 Å². The maximum absolute atomic E-state index is 5.90. The fourth-order valence-corrected chi connectivity index (χ4v) is 2.34. The van der Waals surface area contributed by atoms with Crippen LogP contribution in [0.3, 0.4) is 0 Å². The molecule has 0 aromatic heterocycles. The van der Waals surface area contributed by atoms with Gasteiger partial charge in [0, 0.05) is 30.3 Å². The zero-order valence-electron chi connectivity index (χ0n) is 12.0. The first-order valence-corrected chi connectivity index (χ1v) is 7.22. The third-order valence-corrected chi connectivity index (χ3v) is 3.52. The van der Waals surface area contributed by atoms with E-state index in [2.05, 4.69) is 48.3 Å². The van der Waals surface area contributed by atoms with Gasteiger partial charge in [-0.15, -0.1) is 0 Å². The quantitative estimate of drug-likeness (QED) is 0.905. The molecule has 0 saturated heterocycles. The number of hydrogen-bond acceptors (Lipinski definition) is 2. The summed E-state index contributed by atoms with van der Waals surface area (Å²) in [6.45, 7) is 2.89. The van der Waals surface area contributed by atoms with Crippen molar-refractivity contribution in [2.45, 2.75) is 25.9 Å². The van der Waals surface area contributed by atoms with Gasteiger partial charge in [0.2, 0.25) is 0 Å². The molecular formula is C17H21ClN2. The highest BCUT2D eigenvalue weighted by Crippen LogP contribution is 2.18. The summed E-state index contributed by atoms with van der Waals surface area (Å²) in [5.41, 5.74) is 9.55. The zero-order chi connectivity index (χ0) is 14.5. The van der Waals surface area contributed by atoms with Crippen molar-refractivity contribution >= 4 is 17.3 Å². The van der Waals surface area contributed by atoms with Gasteiger partial charge in [-0.05, 0) is 48.7 Å². The van der Waals surface area contributed by atoms with Crippen molar-refractivity contribution in [2.75, 3.05) is 11.9 Å². The predicted molar refractivity (Wildman–Crippen MR) is 87.4 cm³/mol. The van der Waals surface area contributed by atoms with Crippen LogP contribution in [0.25, 0.3) is 0 Å².